The number of primary amides is 1. The van der Waals surface area contributed by atoms with Gasteiger partial charge in [-0.05, 0) is 40.3 Å². The number of nitrogens with two attached hydrogens (primary N) is 1. The Labute approximate surface area is 108 Å². The van der Waals surface area contributed by atoms with Crippen molar-refractivity contribution in [1.82, 2.24) is 5.32 Å². The molecule has 106 valence electrons. The van der Waals surface area contributed by atoms with Crippen molar-refractivity contribution in [3.63, 3.8) is 0 Å². The van der Waals surface area contributed by atoms with Crippen LogP contribution >= 0.6 is 0 Å². The second-order valence-corrected chi connectivity index (χ2v) is 5.13. The highest BCUT2D eigenvalue weighted by molar-refractivity contribution is 5.65. The Bertz CT molecular complexity index is 265. The molecule has 18 heavy (non-hydrogen) atoms. The van der Waals surface area contributed by atoms with Crippen LogP contribution in [0.2, 0.25) is 0 Å². The summed E-state index contributed by atoms with van der Waals surface area (Å²) in [6, 6.07) is 0. The number of ether oxygens (including phenoxy) is 3. The zero-order valence-electron chi connectivity index (χ0n) is 11.4. The molecule has 1 amide bonds. The highest BCUT2D eigenvalue weighted by Crippen LogP contribution is 2.30. The van der Waals surface area contributed by atoms with E-state index in [0.717, 1.165) is 19.4 Å². The van der Waals surface area contributed by atoms with Crippen LogP contribution in [0.5, 0.6) is 0 Å². The first-order valence-electron chi connectivity index (χ1n) is 6.28. The van der Waals surface area contributed by atoms with Crippen LogP contribution in [0, 0.1) is 5.92 Å². The topological polar surface area (TPSA) is 82.8 Å². The molecule has 0 aromatic carbocycles. The molecule has 0 radical (unpaired) electrons. The summed E-state index contributed by atoms with van der Waals surface area (Å²) in [5, 5.41) is 3.10. The second-order valence-electron chi connectivity index (χ2n) is 5.13. The Morgan fingerprint density at radius 1 is 1.61 bits per heavy atom. The van der Waals surface area contributed by atoms with Crippen LogP contribution in [-0.2, 0) is 14.2 Å². The third kappa shape index (κ3) is 4.80. The van der Waals surface area contributed by atoms with Gasteiger partial charge in [0.15, 0.2) is 0 Å². The molecule has 1 aliphatic heterocycles. The van der Waals surface area contributed by atoms with E-state index in [1.807, 2.05) is 20.9 Å². The molecular weight excluding hydrogens is 236 g/mol. The van der Waals surface area contributed by atoms with Crippen molar-refractivity contribution in [2.75, 3.05) is 27.0 Å². The molecular formula is C12H24N2O4. The zero-order valence-corrected chi connectivity index (χ0v) is 11.4. The lowest BCUT2D eigenvalue weighted by molar-refractivity contribution is -0.0274. The van der Waals surface area contributed by atoms with E-state index in [2.05, 4.69) is 5.32 Å². The largest absolute Gasteiger partial charge is 0.443 e. The van der Waals surface area contributed by atoms with Gasteiger partial charge in [0.1, 0.15) is 12.4 Å². The monoisotopic (exact) mass is 260 g/mol. The van der Waals surface area contributed by atoms with Crippen molar-refractivity contribution in [3.8, 4) is 0 Å². The highest BCUT2D eigenvalue weighted by Gasteiger charge is 2.35. The maximum absolute atomic E-state index is 11.0. The molecule has 1 aliphatic rings. The maximum atomic E-state index is 11.0. The summed E-state index contributed by atoms with van der Waals surface area (Å²) in [6.07, 6.45) is 1.01. The Kier molecular flexibility index (Phi) is 5.84. The molecule has 6 nitrogen and oxygen atoms in total. The predicted molar refractivity (Wildman–Crippen MR) is 67.1 cm³/mol. The van der Waals surface area contributed by atoms with E-state index < -0.39 is 11.7 Å². The summed E-state index contributed by atoms with van der Waals surface area (Å²) in [7, 11) is 1.90. The average Bonchev–Trinajstić information content (AvgIpc) is 2.74. The third-order valence-corrected chi connectivity index (χ3v) is 3.33. The number of carbonyl (C=O) groups is 1. The zero-order chi connectivity index (χ0) is 13.6. The number of nitrogens with one attached hydrogen (secondary N) is 1. The lowest BCUT2D eigenvalue weighted by Gasteiger charge is -2.34. The molecule has 1 saturated heterocycles. The van der Waals surface area contributed by atoms with Crippen molar-refractivity contribution in [1.29, 1.82) is 0 Å². The molecule has 3 N–H and O–H groups in total. The first kappa shape index (κ1) is 15.2. The lowest BCUT2D eigenvalue weighted by Crippen LogP contribution is -2.41. The maximum Gasteiger partial charge on any atom is 0.405 e. The quantitative estimate of drug-likeness (QED) is 0.709. The standard InChI is InChI=1S/C12H24N2O4/c1-12(2,18-11(13)15)9(4-5-14-3)6-10-7-16-8-17-10/h9-10,14H,4-8H2,1-3H3,(H2,13,15). The Morgan fingerprint density at radius 3 is 2.83 bits per heavy atom. The molecule has 0 aromatic heterocycles. The molecule has 0 spiro atoms. The Balaban J connectivity index is 2.59. The fourth-order valence-electron chi connectivity index (χ4n) is 2.24. The Morgan fingerprint density at radius 2 is 2.33 bits per heavy atom. The van der Waals surface area contributed by atoms with E-state index in [-0.39, 0.29) is 12.0 Å². The van der Waals surface area contributed by atoms with Crippen LogP contribution in [-0.4, -0.2) is 44.8 Å². The summed E-state index contributed by atoms with van der Waals surface area (Å²) >= 11 is 0. The minimum Gasteiger partial charge on any atom is -0.443 e. The van der Waals surface area contributed by atoms with Gasteiger partial charge in [0, 0.05) is 5.92 Å². The van der Waals surface area contributed by atoms with Gasteiger partial charge in [0.2, 0.25) is 0 Å². The van der Waals surface area contributed by atoms with Gasteiger partial charge < -0.3 is 25.3 Å². The van der Waals surface area contributed by atoms with Gasteiger partial charge in [-0.2, -0.15) is 0 Å². The Hall–Kier alpha value is -0.850. The van der Waals surface area contributed by atoms with Crippen LogP contribution in [0.25, 0.3) is 0 Å². The molecule has 0 aromatic rings. The summed E-state index contributed by atoms with van der Waals surface area (Å²) in [5.41, 5.74) is 4.52. The number of hydrogen-bond donors (Lipinski definition) is 2. The van der Waals surface area contributed by atoms with Crippen molar-refractivity contribution in [2.24, 2.45) is 11.7 Å². The molecule has 0 aliphatic carbocycles. The molecule has 1 fully saturated rings. The second kappa shape index (κ2) is 6.92. The van der Waals surface area contributed by atoms with Gasteiger partial charge in [-0.25, -0.2) is 4.79 Å². The molecule has 6 heteroatoms. The molecule has 0 saturated carbocycles. The van der Waals surface area contributed by atoms with E-state index >= 15 is 0 Å². The highest BCUT2D eigenvalue weighted by atomic mass is 16.7. The van der Waals surface area contributed by atoms with Gasteiger partial charge in [0.05, 0.1) is 12.7 Å². The van der Waals surface area contributed by atoms with Gasteiger partial charge >= 0.3 is 6.09 Å². The van der Waals surface area contributed by atoms with Crippen molar-refractivity contribution < 1.29 is 19.0 Å². The smallest absolute Gasteiger partial charge is 0.405 e. The van der Waals surface area contributed by atoms with Crippen molar-refractivity contribution in [2.45, 2.75) is 38.4 Å². The van der Waals surface area contributed by atoms with Gasteiger partial charge in [-0.3, -0.25) is 0 Å². The minimum atomic E-state index is -0.738. The normalized spacial score (nSPS) is 21.8. The van der Waals surface area contributed by atoms with Crippen molar-refractivity contribution >= 4 is 6.09 Å². The van der Waals surface area contributed by atoms with Crippen LogP contribution in [0.3, 0.4) is 0 Å². The van der Waals surface area contributed by atoms with Gasteiger partial charge in [-0.15, -0.1) is 0 Å². The average molecular weight is 260 g/mol. The SMILES string of the molecule is CNCCC(CC1COCO1)C(C)(C)OC(N)=O. The number of carbonyl (C=O) groups excluding carboxylic acids is 1. The van der Waals surface area contributed by atoms with Crippen LogP contribution in [0.1, 0.15) is 26.7 Å². The van der Waals surface area contributed by atoms with E-state index in [9.17, 15) is 4.79 Å². The van der Waals surface area contributed by atoms with E-state index in [4.69, 9.17) is 19.9 Å². The van der Waals surface area contributed by atoms with E-state index in [1.165, 1.54) is 0 Å². The molecule has 1 rings (SSSR count). The molecule has 0 bridgehead atoms. The summed E-state index contributed by atoms with van der Waals surface area (Å²) in [4.78, 5) is 11.0. The minimum absolute atomic E-state index is 0.0719. The number of hydrogen-bond acceptors (Lipinski definition) is 5. The first-order chi connectivity index (χ1) is 8.45. The number of rotatable bonds is 7. The van der Waals surface area contributed by atoms with E-state index in [0.29, 0.717) is 13.4 Å². The van der Waals surface area contributed by atoms with Gasteiger partial charge in [0.25, 0.3) is 0 Å². The molecule has 2 unspecified atom stereocenters. The first-order valence-corrected chi connectivity index (χ1v) is 6.28. The fraction of sp³-hybridized carbons (Fsp3) is 0.917. The number of amides is 1. The molecule has 1 heterocycles. The van der Waals surface area contributed by atoms with E-state index in [1.54, 1.807) is 0 Å². The third-order valence-electron chi connectivity index (χ3n) is 3.33. The van der Waals surface area contributed by atoms with Crippen LogP contribution in [0.4, 0.5) is 4.79 Å². The predicted octanol–water partition coefficient (Wildman–Crippen LogP) is 0.849. The summed E-state index contributed by atoms with van der Waals surface area (Å²) in [5.74, 6) is 0.171. The van der Waals surface area contributed by atoms with Crippen LogP contribution in [0.15, 0.2) is 0 Å². The van der Waals surface area contributed by atoms with Gasteiger partial charge in [-0.1, -0.05) is 0 Å². The van der Waals surface area contributed by atoms with Crippen molar-refractivity contribution in [3.05, 3.63) is 0 Å². The lowest BCUT2D eigenvalue weighted by atomic mass is 9.83. The van der Waals surface area contributed by atoms with Crippen LogP contribution < -0.4 is 11.1 Å². The summed E-state index contributed by atoms with van der Waals surface area (Å²) in [6.45, 7) is 5.56. The fourth-order valence-corrected chi connectivity index (χ4v) is 2.24. The molecule has 2 atom stereocenters. The summed E-state index contributed by atoms with van der Waals surface area (Å²) < 4.78 is 15.9.